The average molecular weight is 204 g/mol. The number of hydrogen-bond acceptors (Lipinski definition) is 2. The molecule has 0 aliphatic carbocycles. The van der Waals surface area contributed by atoms with Crippen molar-refractivity contribution in [3.63, 3.8) is 0 Å². The molecule has 0 fully saturated rings. The molecule has 0 saturated carbocycles. The maximum atomic E-state index is 4.21. The zero-order valence-corrected chi connectivity index (χ0v) is 7.72. The van der Waals surface area contributed by atoms with Crippen LogP contribution >= 0.6 is 15.9 Å². The van der Waals surface area contributed by atoms with Crippen LogP contribution in [0.2, 0.25) is 0 Å². The predicted molar refractivity (Wildman–Crippen MR) is 42.8 cm³/mol. The Hall–Kier alpha value is -0.380. The van der Waals surface area contributed by atoms with E-state index in [1.807, 2.05) is 6.92 Å². The molecular formula is C6H10BrN3. The van der Waals surface area contributed by atoms with E-state index in [1.54, 1.807) is 4.80 Å². The Morgan fingerprint density at radius 2 is 2.10 bits per heavy atom. The fourth-order valence-electron chi connectivity index (χ4n) is 0.720. The molecule has 0 aromatic carbocycles. The molecular weight excluding hydrogens is 194 g/mol. The quantitative estimate of drug-likeness (QED) is 0.732. The standard InChI is InChI=1S/C6H10BrN3/c1-3-5-6(7)9-10(4-2)8-5/h3-4H2,1-2H3. The van der Waals surface area contributed by atoms with Crippen LogP contribution in [0.3, 0.4) is 0 Å². The first-order valence-corrected chi connectivity index (χ1v) is 4.16. The molecule has 1 aromatic heterocycles. The molecule has 0 radical (unpaired) electrons. The largest absolute Gasteiger partial charge is 0.184 e. The van der Waals surface area contributed by atoms with E-state index in [0.29, 0.717) is 0 Å². The van der Waals surface area contributed by atoms with Crippen molar-refractivity contribution in [2.24, 2.45) is 0 Å². The number of aryl methyl sites for hydroxylation is 2. The van der Waals surface area contributed by atoms with E-state index < -0.39 is 0 Å². The van der Waals surface area contributed by atoms with Crippen LogP contribution in [-0.4, -0.2) is 15.0 Å². The highest BCUT2D eigenvalue weighted by Crippen LogP contribution is 2.10. The van der Waals surface area contributed by atoms with Crippen molar-refractivity contribution in [1.29, 1.82) is 0 Å². The van der Waals surface area contributed by atoms with Gasteiger partial charge in [-0.1, -0.05) is 6.92 Å². The molecule has 0 amide bonds. The minimum atomic E-state index is 0.832. The number of rotatable bonds is 2. The summed E-state index contributed by atoms with van der Waals surface area (Å²) in [6.07, 6.45) is 0.931. The summed E-state index contributed by atoms with van der Waals surface area (Å²) in [5.74, 6) is 0. The third-order valence-electron chi connectivity index (χ3n) is 1.30. The molecule has 0 aliphatic rings. The van der Waals surface area contributed by atoms with E-state index >= 15 is 0 Å². The predicted octanol–water partition coefficient (Wildman–Crippen LogP) is 1.62. The highest BCUT2D eigenvalue weighted by atomic mass is 79.9. The molecule has 0 bridgehead atoms. The van der Waals surface area contributed by atoms with Crippen molar-refractivity contribution in [3.8, 4) is 0 Å². The maximum Gasteiger partial charge on any atom is 0.151 e. The van der Waals surface area contributed by atoms with Crippen molar-refractivity contribution in [2.75, 3.05) is 0 Å². The summed E-state index contributed by atoms with van der Waals surface area (Å²) in [5, 5.41) is 8.33. The van der Waals surface area contributed by atoms with Crippen molar-refractivity contribution in [2.45, 2.75) is 26.8 Å². The Morgan fingerprint density at radius 1 is 1.40 bits per heavy atom. The van der Waals surface area contributed by atoms with Gasteiger partial charge in [0.05, 0.1) is 12.2 Å². The fourth-order valence-corrected chi connectivity index (χ4v) is 1.26. The third kappa shape index (κ3) is 1.37. The van der Waals surface area contributed by atoms with Crippen molar-refractivity contribution < 1.29 is 0 Å². The normalized spacial score (nSPS) is 10.3. The lowest BCUT2D eigenvalue weighted by Gasteiger charge is -1.87. The van der Waals surface area contributed by atoms with Crippen LogP contribution in [0.5, 0.6) is 0 Å². The van der Waals surface area contributed by atoms with Gasteiger partial charge < -0.3 is 0 Å². The zero-order chi connectivity index (χ0) is 7.56. The summed E-state index contributed by atoms with van der Waals surface area (Å²) in [5.41, 5.74) is 1.03. The van der Waals surface area contributed by atoms with Gasteiger partial charge in [-0.05, 0) is 29.3 Å². The van der Waals surface area contributed by atoms with Gasteiger partial charge >= 0.3 is 0 Å². The van der Waals surface area contributed by atoms with Crippen LogP contribution < -0.4 is 0 Å². The maximum absolute atomic E-state index is 4.21. The second-order valence-corrected chi connectivity index (χ2v) is 2.73. The average Bonchev–Trinajstić information content (AvgIpc) is 2.30. The van der Waals surface area contributed by atoms with Crippen LogP contribution in [0.25, 0.3) is 0 Å². The van der Waals surface area contributed by atoms with Gasteiger partial charge in [0.15, 0.2) is 4.60 Å². The summed E-state index contributed by atoms with van der Waals surface area (Å²) in [7, 11) is 0. The van der Waals surface area contributed by atoms with E-state index in [-0.39, 0.29) is 0 Å². The molecule has 0 saturated heterocycles. The molecule has 4 heteroatoms. The van der Waals surface area contributed by atoms with E-state index in [2.05, 4.69) is 33.1 Å². The number of hydrogen-bond donors (Lipinski definition) is 0. The van der Waals surface area contributed by atoms with Gasteiger partial charge in [0.2, 0.25) is 0 Å². The Balaban J connectivity index is 2.92. The molecule has 0 unspecified atom stereocenters. The van der Waals surface area contributed by atoms with Crippen molar-refractivity contribution in [1.82, 2.24) is 15.0 Å². The molecule has 0 atom stereocenters. The second-order valence-electron chi connectivity index (χ2n) is 1.98. The number of aromatic nitrogens is 3. The molecule has 0 N–H and O–H groups in total. The van der Waals surface area contributed by atoms with Crippen molar-refractivity contribution in [3.05, 3.63) is 10.3 Å². The molecule has 1 heterocycles. The molecule has 1 aromatic rings. The summed E-state index contributed by atoms with van der Waals surface area (Å²) in [6.45, 7) is 4.92. The van der Waals surface area contributed by atoms with Crippen LogP contribution in [0.1, 0.15) is 19.5 Å². The smallest absolute Gasteiger partial charge is 0.151 e. The monoisotopic (exact) mass is 203 g/mol. The van der Waals surface area contributed by atoms with Gasteiger partial charge in [-0.25, -0.2) is 0 Å². The summed E-state index contributed by atoms with van der Waals surface area (Å²) in [6, 6.07) is 0. The lowest BCUT2D eigenvalue weighted by atomic mass is 10.4. The minimum Gasteiger partial charge on any atom is -0.184 e. The lowest BCUT2D eigenvalue weighted by molar-refractivity contribution is 0.562. The first-order chi connectivity index (χ1) is 4.77. The molecule has 0 spiro atoms. The minimum absolute atomic E-state index is 0.832. The third-order valence-corrected chi connectivity index (χ3v) is 1.91. The molecule has 56 valence electrons. The van der Waals surface area contributed by atoms with E-state index in [9.17, 15) is 0 Å². The van der Waals surface area contributed by atoms with Gasteiger partial charge in [0.1, 0.15) is 0 Å². The first-order valence-electron chi connectivity index (χ1n) is 3.37. The first kappa shape index (κ1) is 7.72. The fraction of sp³-hybridized carbons (Fsp3) is 0.667. The van der Waals surface area contributed by atoms with E-state index in [4.69, 9.17) is 0 Å². The number of halogens is 1. The zero-order valence-electron chi connectivity index (χ0n) is 6.13. The highest BCUT2D eigenvalue weighted by molar-refractivity contribution is 9.10. The Kier molecular flexibility index (Phi) is 2.43. The lowest BCUT2D eigenvalue weighted by Crippen LogP contribution is -1.98. The Morgan fingerprint density at radius 3 is 2.40 bits per heavy atom. The van der Waals surface area contributed by atoms with Crippen LogP contribution in [-0.2, 0) is 13.0 Å². The van der Waals surface area contributed by atoms with Crippen molar-refractivity contribution >= 4 is 15.9 Å². The van der Waals surface area contributed by atoms with Gasteiger partial charge in [0.25, 0.3) is 0 Å². The molecule has 0 aliphatic heterocycles. The van der Waals surface area contributed by atoms with Crippen LogP contribution in [0.4, 0.5) is 0 Å². The summed E-state index contributed by atoms with van der Waals surface area (Å²) < 4.78 is 0.872. The van der Waals surface area contributed by atoms with Crippen LogP contribution in [0.15, 0.2) is 4.60 Å². The number of nitrogens with zero attached hydrogens (tertiary/aromatic N) is 3. The van der Waals surface area contributed by atoms with Gasteiger partial charge in [-0.2, -0.15) is 9.90 Å². The van der Waals surface area contributed by atoms with E-state index in [0.717, 1.165) is 23.3 Å². The summed E-state index contributed by atoms with van der Waals surface area (Å²) in [4.78, 5) is 1.68. The van der Waals surface area contributed by atoms with E-state index in [1.165, 1.54) is 0 Å². The topological polar surface area (TPSA) is 30.7 Å². The van der Waals surface area contributed by atoms with Gasteiger partial charge in [-0.3, -0.25) is 0 Å². The Labute approximate surface area is 68.6 Å². The summed E-state index contributed by atoms with van der Waals surface area (Å²) >= 11 is 3.32. The molecule has 1 rings (SSSR count). The Bertz CT molecular complexity index is 219. The SMILES string of the molecule is CCc1nn(CC)nc1Br. The highest BCUT2D eigenvalue weighted by Gasteiger charge is 2.03. The molecule has 10 heavy (non-hydrogen) atoms. The second kappa shape index (κ2) is 3.14. The van der Waals surface area contributed by atoms with Crippen LogP contribution in [0, 0.1) is 0 Å². The van der Waals surface area contributed by atoms with Gasteiger partial charge in [0, 0.05) is 0 Å². The van der Waals surface area contributed by atoms with Gasteiger partial charge in [-0.15, -0.1) is 5.10 Å². The molecule has 3 nitrogen and oxygen atoms in total.